The van der Waals surface area contributed by atoms with E-state index in [2.05, 4.69) is 10.6 Å². The first-order chi connectivity index (χ1) is 17.5. The minimum Gasteiger partial charge on any atom is -0.356 e. The Bertz CT molecular complexity index is 880. The molecule has 0 bridgehead atoms. The molecule has 2 amide bonds. The second-order valence-electron chi connectivity index (χ2n) is 9.82. The van der Waals surface area contributed by atoms with Gasteiger partial charge in [-0.25, -0.2) is 0 Å². The molecule has 10 nitrogen and oxygen atoms in total. The smallest absolute Gasteiger partial charge is 0.220 e. The summed E-state index contributed by atoms with van der Waals surface area (Å²) >= 11 is 0. The van der Waals surface area contributed by atoms with Crippen LogP contribution in [0.15, 0.2) is 0 Å². The van der Waals surface area contributed by atoms with E-state index >= 15 is 0 Å². The number of hydrogen-bond donors (Lipinski definition) is 2. The van der Waals surface area contributed by atoms with Gasteiger partial charge in [-0.3, -0.25) is 33.6 Å². The van der Waals surface area contributed by atoms with Crippen LogP contribution in [0.4, 0.5) is 0 Å². The van der Waals surface area contributed by atoms with E-state index in [1.807, 2.05) is 6.92 Å². The molecule has 2 rings (SSSR count). The largest absolute Gasteiger partial charge is 0.356 e. The van der Waals surface area contributed by atoms with E-state index < -0.39 is 0 Å². The van der Waals surface area contributed by atoms with E-state index in [9.17, 15) is 38.4 Å². The molecule has 2 aliphatic rings. The Hall–Kier alpha value is -3.04. The lowest BCUT2D eigenvalue weighted by Crippen LogP contribution is -2.31. The third-order valence-corrected chi connectivity index (χ3v) is 6.45. The monoisotopic (exact) mass is 520 g/mol. The van der Waals surface area contributed by atoms with E-state index in [1.54, 1.807) is 0 Å². The van der Waals surface area contributed by atoms with Gasteiger partial charge in [-0.05, 0) is 44.4 Å². The molecule has 37 heavy (non-hydrogen) atoms. The van der Waals surface area contributed by atoms with Crippen molar-refractivity contribution in [3.63, 3.8) is 0 Å². The van der Waals surface area contributed by atoms with Crippen LogP contribution < -0.4 is 10.6 Å². The van der Waals surface area contributed by atoms with Crippen molar-refractivity contribution in [2.24, 2.45) is 11.8 Å². The van der Waals surface area contributed by atoms with E-state index in [1.165, 1.54) is 6.92 Å². The maximum Gasteiger partial charge on any atom is 0.220 e. The van der Waals surface area contributed by atoms with Crippen molar-refractivity contribution < 1.29 is 38.4 Å². The van der Waals surface area contributed by atoms with Gasteiger partial charge < -0.3 is 15.4 Å². The van der Waals surface area contributed by atoms with Gasteiger partial charge in [0, 0.05) is 70.9 Å². The van der Waals surface area contributed by atoms with Crippen molar-refractivity contribution in [1.29, 1.82) is 0 Å². The van der Waals surface area contributed by atoms with Gasteiger partial charge in [0.2, 0.25) is 11.8 Å². The van der Waals surface area contributed by atoms with Gasteiger partial charge in [0.25, 0.3) is 0 Å². The lowest BCUT2D eigenvalue weighted by molar-refractivity contribution is -0.139. The molecule has 2 saturated carbocycles. The van der Waals surface area contributed by atoms with Crippen LogP contribution in [0.3, 0.4) is 0 Å². The topological polar surface area (TPSA) is 161 Å². The minimum absolute atomic E-state index is 0.0111. The van der Waals surface area contributed by atoms with Crippen LogP contribution in [0.2, 0.25) is 0 Å². The molecule has 206 valence electrons. The van der Waals surface area contributed by atoms with Crippen molar-refractivity contribution in [3.05, 3.63) is 0 Å². The minimum atomic E-state index is -0.351. The Morgan fingerprint density at radius 2 is 1.14 bits per heavy atom. The van der Waals surface area contributed by atoms with E-state index in [4.69, 9.17) is 0 Å². The molecule has 2 unspecified atom stereocenters. The van der Waals surface area contributed by atoms with E-state index in [-0.39, 0.29) is 84.0 Å². The molecule has 2 atom stereocenters. The molecule has 0 spiro atoms. The molecule has 10 heteroatoms. The van der Waals surface area contributed by atoms with Crippen molar-refractivity contribution in [2.75, 3.05) is 13.1 Å². The highest BCUT2D eigenvalue weighted by Gasteiger charge is 2.28. The molecule has 0 aliphatic heterocycles. The zero-order chi connectivity index (χ0) is 27.8. The molecule has 0 aromatic heterocycles. The molecule has 0 radical (unpaired) electrons. The van der Waals surface area contributed by atoms with Gasteiger partial charge in [0.15, 0.2) is 23.1 Å². The van der Waals surface area contributed by atoms with Crippen LogP contribution in [0.1, 0.15) is 97.3 Å². The van der Waals surface area contributed by atoms with Crippen LogP contribution in [-0.2, 0) is 38.4 Å². The fourth-order valence-corrected chi connectivity index (χ4v) is 4.18. The number of Topliss-reactive ketones (excluding diaryl/α,β-unsaturated/α-hetero) is 6. The summed E-state index contributed by atoms with van der Waals surface area (Å²) in [5.41, 5.74) is 0. The molecule has 0 heterocycles. The molecule has 0 aromatic carbocycles. The Kier molecular flexibility index (Phi) is 15.1. The summed E-state index contributed by atoms with van der Waals surface area (Å²) in [6.07, 6.45) is 5.53. The molecule has 0 aromatic rings. The maximum atomic E-state index is 11.6. The summed E-state index contributed by atoms with van der Waals surface area (Å²) < 4.78 is 0. The third kappa shape index (κ3) is 14.3. The lowest BCUT2D eigenvalue weighted by Gasteiger charge is -2.19. The highest BCUT2D eigenvalue weighted by atomic mass is 16.2. The van der Waals surface area contributed by atoms with Crippen molar-refractivity contribution in [2.45, 2.75) is 97.3 Å². The average Bonchev–Trinajstić information content (AvgIpc) is 2.84. The Morgan fingerprint density at radius 3 is 1.51 bits per heavy atom. The fraction of sp³-hybridized carbons (Fsp3) is 0.704. The average molecular weight is 521 g/mol. The van der Waals surface area contributed by atoms with Gasteiger partial charge in [-0.1, -0.05) is 6.92 Å². The predicted molar refractivity (Wildman–Crippen MR) is 134 cm³/mol. The zero-order valence-corrected chi connectivity index (χ0v) is 22.0. The second-order valence-corrected chi connectivity index (χ2v) is 9.82. The van der Waals surface area contributed by atoms with Gasteiger partial charge >= 0.3 is 0 Å². The van der Waals surface area contributed by atoms with Gasteiger partial charge in [0.05, 0.1) is 0 Å². The predicted octanol–water partition coefficient (Wildman–Crippen LogP) is 1.99. The summed E-state index contributed by atoms with van der Waals surface area (Å²) in [4.78, 5) is 89.4. The Balaban J connectivity index is 0.000000371. The van der Waals surface area contributed by atoms with Crippen molar-refractivity contribution in [3.8, 4) is 0 Å². The number of carbonyl (C=O) groups excluding carboxylic acids is 8. The number of amides is 2. The van der Waals surface area contributed by atoms with E-state index in [0.717, 1.165) is 0 Å². The first-order valence-corrected chi connectivity index (χ1v) is 13.2. The molecule has 2 fully saturated rings. The summed E-state index contributed by atoms with van der Waals surface area (Å²) in [6.45, 7) is 4.32. The van der Waals surface area contributed by atoms with Crippen LogP contribution in [0, 0.1) is 11.8 Å². The molecular formula is C27H40N2O8. The molecule has 0 saturated heterocycles. The highest BCUT2D eigenvalue weighted by molar-refractivity contribution is 6.38. The standard InChI is InChI=1S/C14H21NO4.C13H19NO4/c1-2-11(16)4-3-7-15-14(19)9-10-5-6-12(17)13(18)8-10;1-9(15)3-2-6-14-13(18)8-10-4-5-11(16)12(17)7-10/h10H,2-9H2,1H3,(H,15,19);10H,2-8H2,1H3,(H,14,18). The van der Waals surface area contributed by atoms with Crippen molar-refractivity contribution in [1.82, 2.24) is 10.6 Å². The van der Waals surface area contributed by atoms with Gasteiger partial charge in [-0.2, -0.15) is 0 Å². The van der Waals surface area contributed by atoms with Crippen LogP contribution in [0.25, 0.3) is 0 Å². The summed E-state index contributed by atoms with van der Waals surface area (Å²) in [5, 5.41) is 5.47. The second kappa shape index (κ2) is 17.4. The first-order valence-electron chi connectivity index (χ1n) is 13.2. The summed E-state index contributed by atoms with van der Waals surface area (Å²) in [5.74, 6) is -1.24. The number of hydrogen-bond acceptors (Lipinski definition) is 8. The number of ketones is 6. The van der Waals surface area contributed by atoms with Crippen LogP contribution >= 0.6 is 0 Å². The fourth-order valence-electron chi connectivity index (χ4n) is 4.18. The molecular weight excluding hydrogens is 480 g/mol. The van der Waals surface area contributed by atoms with Crippen LogP contribution in [0.5, 0.6) is 0 Å². The van der Waals surface area contributed by atoms with Crippen molar-refractivity contribution >= 4 is 46.5 Å². The number of nitrogens with one attached hydrogen (secondary N) is 2. The van der Waals surface area contributed by atoms with Gasteiger partial charge in [-0.15, -0.1) is 0 Å². The van der Waals surface area contributed by atoms with Gasteiger partial charge in [0.1, 0.15) is 11.6 Å². The Morgan fingerprint density at radius 1 is 0.703 bits per heavy atom. The molecule has 2 aliphatic carbocycles. The van der Waals surface area contributed by atoms with Crippen LogP contribution in [-0.4, -0.2) is 59.6 Å². The zero-order valence-electron chi connectivity index (χ0n) is 22.0. The lowest BCUT2D eigenvalue weighted by atomic mass is 9.85. The summed E-state index contributed by atoms with van der Waals surface area (Å²) in [6, 6.07) is 0. The highest BCUT2D eigenvalue weighted by Crippen LogP contribution is 2.23. The van der Waals surface area contributed by atoms with E-state index in [0.29, 0.717) is 70.9 Å². The Labute approximate surface area is 218 Å². The quantitative estimate of drug-likeness (QED) is 0.275. The molecule has 2 N–H and O–H groups in total. The third-order valence-electron chi connectivity index (χ3n) is 6.45. The first kappa shape index (κ1) is 32.0. The maximum absolute atomic E-state index is 11.6. The number of carbonyl (C=O) groups is 8. The normalized spacial score (nSPS) is 19.5. The number of rotatable bonds is 13. The SMILES string of the molecule is CC(=O)CCCNC(=O)CC1CCC(=O)C(=O)C1.CCC(=O)CCCNC(=O)CC1CCC(=O)C(=O)C1. The summed E-state index contributed by atoms with van der Waals surface area (Å²) in [7, 11) is 0.